The summed E-state index contributed by atoms with van der Waals surface area (Å²) in [6.07, 6.45) is -1.32. The molecule has 0 amide bonds. The fourth-order valence-corrected chi connectivity index (χ4v) is 5.94. The van der Waals surface area contributed by atoms with Gasteiger partial charge in [-0.05, 0) is 11.6 Å². The highest BCUT2D eigenvalue weighted by Crippen LogP contribution is 2.66. The monoisotopic (exact) mass is 570 g/mol. The van der Waals surface area contributed by atoms with Crippen molar-refractivity contribution in [3.05, 3.63) is 33.2 Å². The normalized spacial score (nSPS) is 28.0. The van der Waals surface area contributed by atoms with E-state index in [0.29, 0.717) is 4.57 Å². The lowest BCUT2D eigenvalue weighted by Crippen LogP contribution is -2.54. The van der Waals surface area contributed by atoms with Crippen LogP contribution in [0.1, 0.15) is 0 Å². The minimum absolute atomic E-state index is 0.268. The van der Waals surface area contributed by atoms with E-state index >= 15 is 4.39 Å². The number of azide groups is 1. The van der Waals surface area contributed by atoms with Gasteiger partial charge in [0.25, 0.3) is 0 Å². The molecule has 0 aliphatic carbocycles. The van der Waals surface area contributed by atoms with Crippen LogP contribution in [0.15, 0.2) is 22.2 Å². The molecular formula is C11H18FN6O14P3. The van der Waals surface area contributed by atoms with Crippen molar-refractivity contribution in [1.29, 1.82) is 0 Å². The molecule has 24 heteroatoms. The maximum atomic E-state index is 15.6. The summed E-state index contributed by atoms with van der Waals surface area (Å²) in [4.78, 5) is 53.6. The van der Waals surface area contributed by atoms with E-state index < -0.39 is 72.8 Å². The highest BCUT2D eigenvalue weighted by molar-refractivity contribution is 7.66. The summed E-state index contributed by atoms with van der Waals surface area (Å²) in [7, 11) is -17.2. The maximum absolute atomic E-state index is 15.6. The molecule has 35 heavy (non-hydrogen) atoms. The third-order valence-electron chi connectivity index (χ3n) is 4.30. The second-order valence-corrected chi connectivity index (χ2v) is 11.3. The van der Waals surface area contributed by atoms with Crippen molar-refractivity contribution in [2.45, 2.75) is 23.9 Å². The Morgan fingerprint density at radius 2 is 1.97 bits per heavy atom. The molecule has 0 radical (unpaired) electrons. The van der Waals surface area contributed by atoms with E-state index in [1.165, 1.54) is 0 Å². The van der Waals surface area contributed by atoms with Gasteiger partial charge in [0.1, 0.15) is 11.7 Å². The lowest BCUT2D eigenvalue weighted by atomic mass is 9.88. The third-order valence-corrected chi connectivity index (χ3v) is 8.08. The van der Waals surface area contributed by atoms with Gasteiger partial charge >= 0.3 is 29.2 Å². The van der Waals surface area contributed by atoms with Crippen molar-refractivity contribution in [2.24, 2.45) is 5.11 Å². The number of nitrogens with zero attached hydrogens (tertiary/aromatic N) is 5. The fraction of sp³-hybridized carbons (Fsp3) is 0.636. The standard InChI is InChI=1S/C11H18FN6O14P3/c12-10(4-18-2-1-7(16-21)15-9(18)20)5-29-11(8(10)19,3-14-17-13)6-30-34(25,26)32-35(27,28)31-33(22,23)24/h1-2,8,19,21H,3-6H2,(H,25,26)(H,27,28)(H,15,16,20)(H2,22,23,24)/t8-,10-,11+/m0/s1. The number of nitrogens with one attached hydrogen (secondary N) is 1. The molecule has 198 valence electrons. The van der Waals surface area contributed by atoms with Gasteiger partial charge in [-0.1, -0.05) is 5.11 Å². The van der Waals surface area contributed by atoms with Gasteiger partial charge in [0, 0.05) is 11.1 Å². The average molecular weight is 570 g/mol. The number of hydrogen-bond acceptors (Lipinski definition) is 13. The average Bonchev–Trinajstić information content (AvgIpc) is 2.95. The van der Waals surface area contributed by atoms with Crippen LogP contribution in [0.2, 0.25) is 0 Å². The molecule has 1 fully saturated rings. The first-order valence-corrected chi connectivity index (χ1v) is 13.3. The predicted octanol–water partition coefficient (Wildman–Crippen LogP) is -0.464. The van der Waals surface area contributed by atoms with Crippen molar-refractivity contribution < 1.29 is 65.9 Å². The van der Waals surface area contributed by atoms with E-state index in [1.54, 1.807) is 5.48 Å². The molecule has 0 spiro atoms. The Balaban J connectivity index is 2.25. The SMILES string of the molecule is [N-]=[N+]=NC[C@]1(COP(=O)(O)OP(=O)(O)OP(=O)(O)O)OC[C@@](F)(Cn2ccc(NO)nc2=O)[C@@H]1O. The summed E-state index contributed by atoms with van der Waals surface area (Å²) < 4.78 is 67.0. The Kier molecular flexibility index (Phi) is 8.98. The van der Waals surface area contributed by atoms with Crippen LogP contribution in [0.4, 0.5) is 10.2 Å². The number of anilines is 1. The van der Waals surface area contributed by atoms with E-state index in [-0.39, 0.29) is 5.82 Å². The van der Waals surface area contributed by atoms with E-state index in [9.17, 15) is 33.4 Å². The molecule has 2 unspecified atom stereocenters. The molecular weight excluding hydrogens is 552 g/mol. The number of aliphatic hydroxyl groups excluding tert-OH is 1. The van der Waals surface area contributed by atoms with E-state index in [2.05, 4.69) is 28.2 Å². The molecule has 2 heterocycles. The van der Waals surface area contributed by atoms with Crippen molar-refractivity contribution in [2.75, 3.05) is 25.2 Å². The zero-order valence-corrected chi connectivity index (χ0v) is 19.6. The van der Waals surface area contributed by atoms with Gasteiger partial charge in [-0.3, -0.25) is 19.8 Å². The molecule has 1 aliphatic heterocycles. The van der Waals surface area contributed by atoms with Crippen molar-refractivity contribution in [1.82, 2.24) is 9.55 Å². The second kappa shape index (κ2) is 10.7. The van der Waals surface area contributed by atoms with E-state index in [1.807, 2.05) is 0 Å². The number of phosphoric ester groups is 1. The number of aliphatic hydroxyl groups is 1. The predicted molar refractivity (Wildman–Crippen MR) is 106 cm³/mol. The Morgan fingerprint density at radius 3 is 2.51 bits per heavy atom. The van der Waals surface area contributed by atoms with Crippen LogP contribution < -0.4 is 11.2 Å². The van der Waals surface area contributed by atoms with Crippen molar-refractivity contribution in [3.8, 4) is 0 Å². The highest BCUT2D eigenvalue weighted by atomic mass is 31.3. The highest BCUT2D eigenvalue weighted by Gasteiger charge is 2.60. The fourth-order valence-electron chi connectivity index (χ4n) is 2.86. The van der Waals surface area contributed by atoms with Crippen LogP contribution in [0, 0.1) is 0 Å². The lowest BCUT2D eigenvalue weighted by molar-refractivity contribution is -0.0900. The molecule has 0 saturated carbocycles. The van der Waals surface area contributed by atoms with E-state index in [4.69, 9.17) is 25.3 Å². The van der Waals surface area contributed by atoms with Crippen molar-refractivity contribution in [3.63, 3.8) is 0 Å². The first kappa shape index (κ1) is 29.4. The minimum atomic E-state index is -5.87. The number of ether oxygens (including phenoxy) is 1. The summed E-state index contributed by atoms with van der Waals surface area (Å²) in [5.41, 5.74) is 3.90. The molecule has 5 atom stereocenters. The smallest absolute Gasteiger partial charge is 0.386 e. The first-order valence-electron chi connectivity index (χ1n) is 8.74. The molecule has 1 aliphatic rings. The third kappa shape index (κ3) is 7.85. The molecule has 1 saturated heterocycles. The molecule has 0 bridgehead atoms. The van der Waals surface area contributed by atoms with Gasteiger partial charge in [0.15, 0.2) is 11.5 Å². The van der Waals surface area contributed by atoms with Crippen LogP contribution in [0.5, 0.6) is 0 Å². The van der Waals surface area contributed by atoms with Gasteiger partial charge < -0.3 is 29.4 Å². The Hall–Kier alpha value is -1.79. The minimum Gasteiger partial charge on any atom is -0.386 e. The number of phosphoric acid groups is 3. The molecule has 1 aromatic heterocycles. The molecule has 2 rings (SSSR count). The molecule has 0 aromatic carbocycles. The number of rotatable bonds is 12. The Bertz CT molecular complexity index is 1190. The molecule has 20 nitrogen and oxygen atoms in total. The van der Waals surface area contributed by atoms with Crippen LogP contribution in [0.3, 0.4) is 0 Å². The molecule has 1 aromatic rings. The summed E-state index contributed by atoms with van der Waals surface area (Å²) in [6.45, 7) is -4.14. The topological polar surface area (TPSA) is 305 Å². The Morgan fingerprint density at radius 1 is 1.31 bits per heavy atom. The summed E-state index contributed by atoms with van der Waals surface area (Å²) in [5, 5.41) is 22.5. The summed E-state index contributed by atoms with van der Waals surface area (Å²) in [5.74, 6) is -0.268. The van der Waals surface area contributed by atoms with Crippen molar-refractivity contribution >= 4 is 29.3 Å². The summed E-state index contributed by atoms with van der Waals surface area (Å²) >= 11 is 0. The van der Waals surface area contributed by atoms with Gasteiger partial charge in [0.05, 0.1) is 26.3 Å². The number of halogens is 1. The largest absolute Gasteiger partial charge is 0.490 e. The van der Waals surface area contributed by atoms with Gasteiger partial charge in [-0.15, -0.1) is 0 Å². The molecule has 7 N–H and O–H groups in total. The van der Waals surface area contributed by atoms with E-state index in [0.717, 1.165) is 12.3 Å². The quantitative estimate of drug-likeness (QED) is 0.0549. The second-order valence-electron chi connectivity index (χ2n) is 6.88. The van der Waals surface area contributed by atoms with Crippen LogP contribution in [-0.2, 0) is 38.1 Å². The maximum Gasteiger partial charge on any atom is 0.490 e. The van der Waals surface area contributed by atoms with Gasteiger partial charge in [-0.2, -0.15) is 13.6 Å². The van der Waals surface area contributed by atoms with Crippen LogP contribution >= 0.6 is 23.5 Å². The summed E-state index contributed by atoms with van der Waals surface area (Å²) in [6, 6.07) is 1.08. The first-order chi connectivity index (χ1) is 16.0. The van der Waals surface area contributed by atoms with Crippen LogP contribution in [0.25, 0.3) is 10.4 Å². The zero-order chi connectivity index (χ0) is 26.7. The van der Waals surface area contributed by atoms with Gasteiger partial charge in [0.2, 0.25) is 0 Å². The zero-order valence-electron chi connectivity index (χ0n) is 17.0. The number of hydrogen-bond donors (Lipinski definition) is 7. The van der Waals surface area contributed by atoms with Gasteiger partial charge in [-0.25, -0.2) is 22.9 Å². The Labute approximate surface area is 192 Å². The lowest BCUT2D eigenvalue weighted by Gasteiger charge is -2.33. The van der Waals surface area contributed by atoms with Crippen LogP contribution in [-0.4, -0.2) is 76.6 Å². The number of aromatic nitrogens is 2. The number of alkyl halides is 1.